The summed E-state index contributed by atoms with van der Waals surface area (Å²) in [6.07, 6.45) is 0. The molecule has 8 heteroatoms. The molecule has 0 spiro atoms. The molecule has 8 nitrogen and oxygen atoms in total. The molecule has 2 rings (SSSR count). The number of nitro benzene ring substituents is 1. The molecule has 1 aromatic carbocycles. The number of fused-ring (bicyclic) bond motifs is 1. The number of carbonyl (C=O) groups is 2. The number of non-ortho nitro benzene ring substituents is 1. The quantitative estimate of drug-likeness (QED) is 0.617. The van der Waals surface area contributed by atoms with Crippen LogP contribution in [0.15, 0.2) is 18.2 Å². The minimum Gasteiger partial charge on any atom is -0.476 e. The van der Waals surface area contributed by atoms with E-state index in [1.807, 2.05) is 0 Å². The van der Waals surface area contributed by atoms with Crippen molar-refractivity contribution in [2.24, 2.45) is 0 Å². The highest BCUT2D eigenvalue weighted by molar-refractivity contribution is 6.05. The number of ether oxygens (including phenoxy) is 1. The molecule has 22 heavy (non-hydrogen) atoms. The van der Waals surface area contributed by atoms with E-state index in [2.05, 4.69) is 0 Å². The summed E-state index contributed by atoms with van der Waals surface area (Å²) >= 11 is 0. The monoisotopic (exact) mass is 307 g/mol. The van der Waals surface area contributed by atoms with Crippen molar-refractivity contribution < 1.29 is 19.2 Å². The zero-order valence-electron chi connectivity index (χ0n) is 12.8. The highest BCUT2D eigenvalue weighted by atomic mass is 16.6. The van der Waals surface area contributed by atoms with Crippen LogP contribution in [0, 0.1) is 10.1 Å². The van der Waals surface area contributed by atoms with E-state index < -0.39 is 16.4 Å². The van der Waals surface area contributed by atoms with Crippen LogP contribution in [0.3, 0.4) is 0 Å². The molecule has 0 bridgehead atoms. The Morgan fingerprint density at radius 2 is 2.05 bits per heavy atom. The van der Waals surface area contributed by atoms with Gasteiger partial charge in [0.25, 0.3) is 11.6 Å². The first-order valence-electron chi connectivity index (χ1n) is 6.63. The molecule has 0 radical (unpaired) electrons. The molecule has 0 fully saturated rings. The molecule has 1 aromatic rings. The van der Waals surface area contributed by atoms with Gasteiger partial charge in [-0.3, -0.25) is 24.6 Å². The summed E-state index contributed by atoms with van der Waals surface area (Å²) in [5.41, 5.74) is -1.08. The third-order valence-corrected chi connectivity index (χ3v) is 3.36. The van der Waals surface area contributed by atoms with Gasteiger partial charge in [-0.2, -0.15) is 0 Å². The SMILES string of the molecule is CN(C)C(=O)CN1C(=O)C(C)(C)Oc2ccc([N+](=O)[O-])cc21. The number of hydrogen-bond acceptors (Lipinski definition) is 5. The zero-order valence-corrected chi connectivity index (χ0v) is 12.8. The van der Waals surface area contributed by atoms with Gasteiger partial charge in [-0.05, 0) is 19.9 Å². The van der Waals surface area contributed by atoms with Gasteiger partial charge in [0.1, 0.15) is 12.3 Å². The van der Waals surface area contributed by atoms with E-state index in [0.29, 0.717) is 5.75 Å². The Balaban J connectivity index is 2.51. The third-order valence-electron chi connectivity index (χ3n) is 3.36. The lowest BCUT2D eigenvalue weighted by Crippen LogP contribution is -2.54. The van der Waals surface area contributed by atoms with Crippen LogP contribution in [0.2, 0.25) is 0 Å². The van der Waals surface area contributed by atoms with Gasteiger partial charge in [-0.15, -0.1) is 0 Å². The van der Waals surface area contributed by atoms with E-state index in [1.54, 1.807) is 27.9 Å². The number of nitro groups is 1. The lowest BCUT2D eigenvalue weighted by atomic mass is 10.0. The van der Waals surface area contributed by atoms with Gasteiger partial charge in [0.05, 0.1) is 10.6 Å². The predicted octanol–water partition coefficient (Wildman–Crippen LogP) is 1.19. The summed E-state index contributed by atoms with van der Waals surface area (Å²) in [5, 5.41) is 10.9. The number of hydrogen-bond donors (Lipinski definition) is 0. The van der Waals surface area contributed by atoms with Gasteiger partial charge in [0.15, 0.2) is 5.60 Å². The van der Waals surface area contributed by atoms with Crippen LogP contribution in [-0.2, 0) is 9.59 Å². The fourth-order valence-corrected chi connectivity index (χ4v) is 2.10. The average molecular weight is 307 g/mol. The molecule has 0 saturated carbocycles. The van der Waals surface area contributed by atoms with Crippen LogP contribution < -0.4 is 9.64 Å². The minimum atomic E-state index is -1.14. The van der Waals surface area contributed by atoms with Crippen LogP contribution >= 0.6 is 0 Å². The Bertz CT molecular complexity index is 654. The molecular weight excluding hydrogens is 290 g/mol. The molecule has 0 unspecified atom stereocenters. The largest absolute Gasteiger partial charge is 0.476 e. The van der Waals surface area contributed by atoms with Crippen molar-refractivity contribution in [1.82, 2.24) is 4.90 Å². The normalized spacial score (nSPS) is 15.8. The summed E-state index contributed by atoms with van der Waals surface area (Å²) in [7, 11) is 3.15. The first-order chi connectivity index (χ1) is 10.1. The van der Waals surface area contributed by atoms with Gasteiger partial charge in [0.2, 0.25) is 5.91 Å². The van der Waals surface area contributed by atoms with Gasteiger partial charge in [0, 0.05) is 26.2 Å². The predicted molar refractivity (Wildman–Crippen MR) is 78.9 cm³/mol. The van der Waals surface area contributed by atoms with E-state index in [9.17, 15) is 19.7 Å². The van der Waals surface area contributed by atoms with Gasteiger partial charge in [-0.1, -0.05) is 0 Å². The molecule has 0 aliphatic carbocycles. The standard InChI is InChI=1S/C14H17N3O5/c1-14(2)13(19)16(8-12(18)15(3)4)10-7-9(17(20)21)5-6-11(10)22-14/h5-7H,8H2,1-4H3. The van der Waals surface area contributed by atoms with Crippen molar-refractivity contribution in [3.8, 4) is 5.75 Å². The van der Waals surface area contributed by atoms with Gasteiger partial charge < -0.3 is 9.64 Å². The first-order valence-corrected chi connectivity index (χ1v) is 6.63. The Hall–Kier alpha value is -2.64. The molecule has 1 aliphatic rings. The fourth-order valence-electron chi connectivity index (χ4n) is 2.10. The van der Waals surface area contributed by atoms with Crippen LogP contribution in [0.4, 0.5) is 11.4 Å². The second-order valence-corrected chi connectivity index (χ2v) is 5.70. The lowest BCUT2D eigenvalue weighted by molar-refractivity contribution is -0.384. The maximum atomic E-state index is 12.5. The number of likely N-dealkylation sites (N-methyl/N-ethyl adjacent to an activating group) is 1. The number of rotatable bonds is 3. The van der Waals surface area contributed by atoms with Crippen molar-refractivity contribution in [2.45, 2.75) is 19.4 Å². The fraction of sp³-hybridized carbons (Fsp3) is 0.429. The summed E-state index contributed by atoms with van der Waals surface area (Å²) in [4.78, 5) is 37.4. The molecule has 118 valence electrons. The molecule has 1 aliphatic heterocycles. The van der Waals surface area contributed by atoms with E-state index >= 15 is 0 Å². The van der Waals surface area contributed by atoms with E-state index in [0.717, 1.165) is 0 Å². The maximum Gasteiger partial charge on any atom is 0.271 e. The highest BCUT2D eigenvalue weighted by Gasteiger charge is 2.42. The molecular formula is C14H17N3O5. The lowest BCUT2D eigenvalue weighted by Gasteiger charge is -2.38. The van der Waals surface area contributed by atoms with Crippen molar-refractivity contribution in [3.63, 3.8) is 0 Å². The maximum absolute atomic E-state index is 12.5. The Morgan fingerprint density at radius 3 is 2.59 bits per heavy atom. The number of anilines is 1. The number of carbonyl (C=O) groups excluding carboxylic acids is 2. The van der Waals surface area contributed by atoms with Crippen molar-refractivity contribution in [1.29, 1.82) is 0 Å². The van der Waals surface area contributed by atoms with Gasteiger partial charge in [-0.25, -0.2) is 0 Å². The third kappa shape index (κ3) is 2.72. The van der Waals surface area contributed by atoms with Crippen molar-refractivity contribution >= 4 is 23.2 Å². The second-order valence-electron chi connectivity index (χ2n) is 5.70. The minimum absolute atomic E-state index is 0.169. The number of nitrogens with zero attached hydrogens (tertiary/aromatic N) is 3. The summed E-state index contributed by atoms with van der Waals surface area (Å²) in [6.45, 7) is 2.98. The molecule has 1 heterocycles. The zero-order chi connectivity index (χ0) is 16.7. The molecule has 0 atom stereocenters. The molecule has 0 aromatic heterocycles. The first kappa shape index (κ1) is 15.7. The van der Waals surface area contributed by atoms with E-state index in [1.165, 1.54) is 28.0 Å². The molecule has 2 amide bonds. The van der Waals surface area contributed by atoms with Crippen LogP contribution in [0.25, 0.3) is 0 Å². The summed E-state index contributed by atoms with van der Waals surface area (Å²) in [5.74, 6) is -0.374. The average Bonchev–Trinajstić information content (AvgIpc) is 2.42. The molecule has 0 N–H and O–H groups in total. The summed E-state index contributed by atoms with van der Waals surface area (Å²) in [6, 6.07) is 3.98. The molecule has 0 saturated heterocycles. The van der Waals surface area contributed by atoms with Crippen LogP contribution in [0.5, 0.6) is 5.75 Å². The topological polar surface area (TPSA) is 93.0 Å². The van der Waals surface area contributed by atoms with Crippen molar-refractivity contribution in [3.05, 3.63) is 28.3 Å². The second kappa shape index (κ2) is 5.28. The van der Waals surface area contributed by atoms with Crippen molar-refractivity contribution in [2.75, 3.05) is 25.5 Å². The number of amides is 2. The highest BCUT2D eigenvalue weighted by Crippen LogP contribution is 2.39. The Morgan fingerprint density at radius 1 is 1.41 bits per heavy atom. The van der Waals surface area contributed by atoms with E-state index in [-0.39, 0.29) is 23.8 Å². The Kier molecular flexibility index (Phi) is 3.78. The Labute approximate surface area is 127 Å². The smallest absolute Gasteiger partial charge is 0.271 e. The number of benzene rings is 1. The van der Waals surface area contributed by atoms with E-state index in [4.69, 9.17) is 4.74 Å². The summed E-state index contributed by atoms with van der Waals surface area (Å²) < 4.78 is 5.60. The van der Waals surface area contributed by atoms with Crippen LogP contribution in [-0.4, -0.2) is 47.9 Å². The van der Waals surface area contributed by atoms with Gasteiger partial charge >= 0.3 is 0 Å². The van der Waals surface area contributed by atoms with Crippen LogP contribution in [0.1, 0.15) is 13.8 Å².